The first-order valence-electron chi connectivity index (χ1n) is 3.52. The smallest absolute Gasteiger partial charge is 0.375 e. The molecule has 1 unspecified atom stereocenters. The van der Waals surface area contributed by atoms with Crippen LogP contribution in [0, 0.1) is 10.1 Å². The summed E-state index contributed by atoms with van der Waals surface area (Å²) in [4.78, 5) is 10.1. The van der Waals surface area contributed by atoms with Gasteiger partial charge in [0.05, 0.1) is 0 Å². The lowest BCUT2D eigenvalue weighted by Crippen LogP contribution is -2.30. The average Bonchev–Trinajstić information content (AvgIpc) is 1.88. The Morgan fingerprint density at radius 3 is 2.90 bits per heavy atom. The van der Waals surface area contributed by atoms with Crippen molar-refractivity contribution in [2.75, 3.05) is 6.61 Å². The van der Waals surface area contributed by atoms with Crippen molar-refractivity contribution in [3.63, 3.8) is 0 Å². The Morgan fingerprint density at radius 2 is 2.40 bits per heavy atom. The van der Waals surface area contributed by atoms with E-state index in [9.17, 15) is 10.1 Å². The van der Waals surface area contributed by atoms with E-state index >= 15 is 0 Å². The van der Waals surface area contributed by atoms with Gasteiger partial charge in [0.1, 0.15) is 5.73 Å². The number of ether oxygens (including phenoxy) is 1. The van der Waals surface area contributed by atoms with Gasteiger partial charge in [0.2, 0.25) is 0 Å². The predicted molar refractivity (Wildman–Crippen MR) is 39.1 cm³/mol. The highest BCUT2D eigenvalue weighted by Crippen LogP contribution is 2.10. The second-order valence-electron chi connectivity index (χ2n) is 2.50. The molecule has 1 rings (SSSR count). The zero-order chi connectivity index (χ0) is 7.40. The Labute approximate surface area is 61.6 Å². The van der Waals surface area contributed by atoms with Crippen LogP contribution in [0.2, 0.25) is 0 Å². The van der Waals surface area contributed by atoms with Gasteiger partial charge in [-0.05, 0) is 19.3 Å². The van der Waals surface area contributed by atoms with Gasteiger partial charge in [-0.1, -0.05) is 4.59 Å². The summed E-state index contributed by atoms with van der Waals surface area (Å²) in [6.07, 6.45) is 3.08. The van der Waals surface area contributed by atoms with E-state index in [0.29, 0.717) is 0 Å². The predicted octanol–water partition coefficient (Wildman–Crippen LogP) is -0.127. The van der Waals surface area contributed by atoms with E-state index < -0.39 is 9.68 Å². The highest BCUT2D eigenvalue weighted by molar-refractivity contribution is 6.27. The molecule has 10 heavy (non-hydrogen) atoms. The lowest BCUT2D eigenvalue weighted by molar-refractivity contribution is -0.328. The molecule has 0 aromatic heterocycles. The van der Waals surface area contributed by atoms with Gasteiger partial charge in [0.15, 0.2) is 0 Å². The van der Waals surface area contributed by atoms with Crippen LogP contribution in [-0.4, -0.2) is 26.6 Å². The lowest BCUT2D eigenvalue weighted by atomic mass is 10.2. The van der Waals surface area contributed by atoms with Crippen LogP contribution in [0.3, 0.4) is 0 Å². The fourth-order valence-electron chi connectivity index (χ4n) is 1.12. The van der Waals surface area contributed by atoms with Gasteiger partial charge in [0.25, 0.3) is 0 Å². The topological polar surface area (TPSA) is 52.4 Å². The summed E-state index contributed by atoms with van der Waals surface area (Å²) in [6.45, 7) is 0.728. The fourth-order valence-corrected chi connectivity index (χ4v) is 2.19. The molecule has 0 amide bonds. The molecule has 1 aliphatic heterocycles. The number of hydrogen-bond acceptors (Lipinski definition) is 3. The van der Waals surface area contributed by atoms with Gasteiger partial charge in [-0.15, -0.1) is 0 Å². The minimum atomic E-state index is -1.20. The largest absolute Gasteiger partial charge is 0.426 e. The van der Waals surface area contributed by atoms with Crippen molar-refractivity contribution in [2.45, 2.75) is 25.0 Å². The maximum absolute atomic E-state index is 10.1. The van der Waals surface area contributed by atoms with Crippen molar-refractivity contribution in [3.8, 4) is 0 Å². The van der Waals surface area contributed by atoms with Gasteiger partial charge >= 0.3 is 9.68 Å². The van der Waals surface area contributed by atoms with Crippen LogP contribution in [0.5, 0.6) is 0 Å². The van der Waals surface area contributed by atoms with Gasteiger partial charge in [-0.2, -0.15) is 0 Å². The van der Waals surface area contributed by atoms with Crippen molar-refractivity contribution in [1.82, 2.24) is 0 Å². The number of hydrogen-bond donors (Lipinski definition) is 0. The van der Waals surface area contributed by atoms with Gasteiger partial charge in [-0.25, -0.2) is 0 Å². The second-order valence-corrected chi connectivity index (χ2v) is 4.30. The van der Waals surface area contributed by atoms with Crippen LogP contribution in [0.4, 0.5) is 0 Å². The standard InChI is InChI=1S/C5H11NO3Si/c7-6(8)10-5-3-1-2-4-9-5/h5H,1-4,10H2. The van der Waals surface area contributed by atoms with E-state index in [-0.39, 0.29) is 10.3 Å². The minimum absolute atomic E-state index is 0.0174. The Balaban J connectivity index is 2.19. The Hall–Kier alpha value is -0.423. The van der Waals surface area contributed by atoms with Gasteiger partial charge in [-0.3, -0.25) is 10.1 Å². The van der Waals surface area contributed by atoms with Crippen LogP contribution in [0.15, 0.2) is 0 Å². The molecule has 0 aromatic rings. The molecule has 0 aliphatic carbocycles. The molecule has 0 N–H and O–H groups in total. The summed E-state index contributed by atoms with van der Waals surface area (Å²) < 4.78 is 5.04. The quantitative estimate of drug-likeness (QED) is 0.322. The number of nitrogens with zero attached hydrogens (tertiary/aromatic N) is 1. The molecule has 1 saturated heterocycles. The molecule has 0 saturated carbocycles. The third-order valence-electron chi connectivity index (χ3n) is 1.63. The molecule has 0 bridgehead atoms. The third kappa shape index (κ3) is 2.45. The van der Waals surface area contributed by atoms with Crippen LogP contribution in [0.25, 0.3) is 0 Å². The molecule has 58 valence electrons. The van der Waals surface area contributed by atoms with Crippen molar-refractivity contribution < 1.29 is 9.33 Å². The molecule has 0 aromatic carbocycles. The van der Waals surface area contributed by atoms with Crippen molar-refractivity contribution in [2.24, 2.45) is 0 Å². The third-order valence-corrected chi connectivity index (χ3v) is 2.98. The Morgan fingerprint density at radius 1 is 1.60 bits per heavy atom. The average molecular weight is 161 g/mol. The van der Waals surface area contributed by atoms with Crippen LogP contribution in [0.1, 0.15) is 19.3 Å². The van der Waals surface area contributed by atoms with Crippen molar-refractivity contribution in [3.05, 3.63) is 10.1 Å². The van der Waals surface area contributed by atoms with Crippen molar-refractivity contribution in [1.29, 1.82) is 0 Å². The summed E-state index contributed by atoms with van der Waals surface area (Å²) in [6, 6.07) is 0. The number of rotatable bonds is 2. The maximum Gasteiger partial charge on any atom is 0.426 e. The van der Waals surface area contributed by atoms with E-state index in [1.165, 1.54) is 0 Å². The van der Waals surface area contributed by atoms with Crippen molar-refractivity contribution >= 4 is 9.68 Å². The first-order valence-corrected chi connectivity index (χ1v) is 4.97. The Bertz CT molecular complexity index is 124. The van der Waals surface area contributed by atoms with E-state index in [1.54, 1.807) is 0 Å². The highest BCUT2D eigenvalue weighted by atomic mass is 28.2. The van der Waals surface area contributed by atoms with Gasteiger partial charge in [0, 0.05) is 6.61 Å². The number of nitro groups is 1. The molecule has 1 aliphatic rings. The molecule has 1 atom stereocenters. The molecule has 5 heteroatoms. The second kappa shape index (κ2) is 3.67. The molecule has 1 heterocycles. The first kappa shape index (κ1) is 7.68. The molecular weight excluding hydrogens is 150 g/mol. The minimum Gasteiger partial charge on any atom is -0.375 e. The lowest BCUT2D eigenvalue weighted by Gasteiger charge is -2.17. The zero-order valence-electron chi connectivity index (χ0n) is 5.78. The molecule has 4 nitrogen and oxygen atoms in total. The monoisotopic (exact) mass is 161 g/mol. The van der Waals surface area contributed by atoms with E-state index in [0.717, 1.165) is 25.9 Å². The van der Waals surface area contributed by atoms with Crippen LogP contribution < -0.4 is 0 Å². The summed E-state index contributed by atoms with van der Waals surface area (Å²) in [5, 5.41) is 10.1. The SMILES string of the molecule is O=[N+]([O-])[SiH2]C1CCCCO1. The molecule has 0 spiro atoms. The summed E-state index contributed by atoms with van der Waals surface area (Å²) in [5.41, 5.74) is 0.0174. The van der Waals surface area contributed by atoms with Gasteiger partial charge < -0.3 is 4.74 Å². The Kier molecular flexibility index (Phi) is 2.82. The molecule has 1 fully saturated rings. The first-order chi connectivity index (χ1) is 4.79. The summed E-state index contributed by atoms with van der Waals surface area (Å²) in [5.74, 6) is 0. The highest BCUT2D eigenvalue weighted by Gasteiger charge is 2.21. The summed E-state index contributed by atoms with van der Waals surface area (Å²) >= 11 is 0. The summed E-state index contributed by atoms with van der Waals surface area (Å²) in [7, 11) is -1.20. The fraction of sp³-hybridized carbons (Fsp3) is 1.00. The normalized spacial score (nSPS) is 27.4. The van der Waals surface area contributed by atoms with E-state index in [1.807, 2.05) is 0 Å². The molecular formula is C5H11NO3Si. The maximum atomic E-state index is 10.1. The zero-order valence-corrected chi connectivity index (χ0v) is 7.20. The molecule has 0 radical (unpaired) electrons. The van der Waals surface area contributed by atoms with Crippen LogP contribution in [-0.2, 0) is 4.74 Å². The van der Waals surface area contributed by atoms with E-state index in [4.69, 9.17) is 4.74 Å². The van der Waals surface area contributed by atoms with E-state index in [2.05, 4.69) is 0 Å². The van der Waals surface area contributed by atoms with Crippen LogP contribution >= 0.6 is 0 Å².